The minimum absolute atomic E-state index is 0.227. The summed E-state index contributed by atoms with van der Waals surface area (Å²) in [5.41, 5.74) is 5.32. The summed E-state index contributed by atoms with van der Waals surface area (Å²) in [7, 11) is -9.58. The number of aliphatic imine (C=N–C) groups is 1. The number of ether oxygens (including phenoxy) is 2. The number of para-hydroxylation sites is 1. The molecule has 14 nitrogen and oxygen atoms in total. The molecule has 0 aliphatic carbocycles. The maximum absolute atomic E-state index is 14.7. The highest BCUT2D eigenvalue weighted by molar-refractivity contribution is 7.70. The van der Waals surface area contributed by atoms with E-state index in [1.54, 1.807) is 53.9 Å². The van der Waals surface area contributed by atoms with Crippen molar-refractivity contribution in [1.29, 1.82) is 5.26 Å². The summed E-state index contributed by atoms with van der Waals surface area (Å²) < 4.78 is 55.4. The van der Waals surface area contributed by atoms with Crippen LogP contribution in [0.15, 0.2) is 53.8 Å². The molecule has 1 saturated heterocycles. The molecule has 4 rings (SSSR count). The van der Waals surface area contributed by atoms with Gasteiger partial charge in [-0.15, -0.1) is 0 Å². The standard InChI is InChI=1S/C40H63N6O8PSi2/c1-14-29(15-2)23-49-37(47)28(3)44-27-55(48,52-30-19-17-16-18-20-30)50-24-32-34(53-56(10,11)38(4,5)6)35(54-57(12,13)39(7,8)9)40(25-41,51-32)33-22-21-31-36(42)43-26-45-46(31)33/h16-22,26-29,32,34-35H,14-15,23-24H2,1-13H3,(H2,42,43,45)/b44-27-/t28-,32?,34?,35?,40-,55?/m0/s1. The second kappa shape index (κ2) is 17.8. The van der Waals surface area contributed by atoms with Crippen LogP contribution in [0.3, 0.4) is 0 Å². The van der Waals surface area contributed by atoms with E-state index in [1.165, 1.54) is 6.33 Å². The molecule has 2 N–H and O–H groups in total. The molecule has 4 unspecified atom stereocenters. The smallest absolute Gasteiger partial charge is 0.421 e. The molecule has 6 atom stereocenters. The Morgan fingerprint density at radius 2 is 1.67 bits per heavy atom. The molecule has 1 aromatic carbocycles. The molecule has 3 aromatic rings. The van der Waals surface area contributed by atoms with E-state index in [0.29, 0.717) is 11.2 Å². The first-order valence-corrected chi connectivity index (χ1v) is 27.1. The van der Waals surface area contributed by atoms with E-state index in [9.17, 15) is 14.6 Å². The maximum atomic E-state index is 14.7. The summed E-state index contributed by atoms with van der Waals surface area (Å²) >= 11 is 0. The van der Waals surface area contributed by atoms with Crippen molar-refractivity contribution in [3.05, 3.63) is 54.5 Å². The van der Waals surface area contributed by atoms with Crippen molar-refractivity contribution >= 4 is 47.5 Å². The first-order chi connectivity index (χ1) is 26.4. The van der Waals surface area contributed by atoms with Gasteiger partial charge >= 0.3 is 13.6 Å². The number of nitriles is 1. The number of fused-ring (bicyclic) bond motifs is 1. The largest absolute Gasteiger partial charge is 0.464 e. The van der Waals surface area contributed by atoms with Crippen LogP contribution >= 0.6 is 7.60 Å². The Morgan fingerprint density at radius 1 is 1.05 bits per heavy atom. The third kappa shape index (κ3) is 10.4. The third-order valence-corrected chi connectivity index (χ3v) is 22.0. The number of nitrogens with two attached hydrogens (primary N) is 1. The zero-order valence-electron chi connectivity index (χ0n) is 35.9. The van der Waals surface area contributed by atoms with Crippen molar-refractivity contribution in [2.75, 3.05) is 18.9 Å². The van der Waals surface area contributed by atoms with Crippen LogP contribution in [-0.2, 0) is 37.8 Å². The van der Waals surface area contributed by atoms with E-state index in [-0.39, 0.29) is 40.8 Å². The summed E-state index contributed by atoms with van der Waals surface area (Å²) in [6.45, 7) is 26.7. The number of esters is 1. The first kappa shape index (κ1) is 46.3. The molecule has 17 heteroatoms. The number of carbonyl (C=O) groups excluding carboxylic acids is 1. The molecule has 0 radical (unpaired) electrons. The van der Waals surface area contributed by atoms with Crippen LogP contribution < -0.4 is 10.3 Å². The SMILES string of the molecule is CCC(CC)COC(=O)[C@H](C)/N=C\P(=O)(OCC1O[C@@](C#N)(c2ccc3c(N)ncnn23)C(O[Si](C)(C)C(C)(C)C)C1O[Si](C)(C)C(C)(C)C)Oc1ccccc1. The van der Waals surface area contributed by atoms with Gasteiger partial charge in [0.05, 0.1) is 18.9 Å². The molecule has 0 bridgehead atoms. The van der Waals surface area contributed by atoms with Gasteiger partial charge in [-0.2, -0.15) is 10.4 Å². The van der Waals surface area contributed by atoms with Gasteiger partial charge in [0.1, 0.15) is 54.0 Å². The zero-order valence-corrected chi connectivity index (χ0v) is 38.8. The molecule has 314 valence electrons. The Labute approximate surface area is 340 Å². The highest BCUT2D eigenvalue weighted by Gasteiger charge is 2.63. The summed E-state index contributed by atoms with van der Waals surface area (Å²) in [5, 5.41) is 15.3. The second-order valence-corrected chi connectivity index (χ2v) is 29.1. The summed E-state index contributed by atoms with van der Waals surface area (Å²) in [5.74, 6) is 1.21. The third-order valence-electron chi connectivity index (χ3n) is 11.7. The van der Waals surface area contributed by atoms with E-state index in [2.05, 4.69) is 88.9 Å². The van der Waals surface area contributed by atoms with Gasteiger partial charge in [-0.05, 0) is 73.4 Å². The van der Waals surface area contributed by atoms with Gasteiger partial charge in [0.2, 0.25) is 5.60 Å². The molecule has 3 heterocycles. The molecule has 1 fully saturated rings. The van der Waals surface area contributed by atoms with Gasteiger partial charge in [0, 0.05) is 0 Å². The Bertz CT molecular complexity index is 1950. The Morgan fingerprint density at radius 3 is 2.25 bits per heavy atom. The van der Waals surface area contributed by atoms with Crippen molar-refractivity contribution in [3.8, 4) is 11.8 Å². The van der Waals surface area contributed by atoms with Gasteiger partial charge in [0.25, 0.3) is 0 Å². The molecule has 2 aromatic heterocycles. The number of anilines is 1. The molecule has 0 amide bonds. The zero-order chi connectivity index (χ0) is 42.6. The van der Waals surface area contributed by atoms with Crippen LogP contribution in [0.4, 0.5) is 5.82 Å². The fourth-order valence-corrected chi connectivity index (χ4v) is 9.69. The highest BCUT2D eigenvalue weighted by atomic mass is 31.2. The monoisotopic (exact) mass is 842 g/mol. The van der Waals surface area contributed by atoms with Gasteiger partial charge in [-0.3, -0.25) is 9.52 Å². The number of benzene rings is 1. The lowest BCUT2D eigenvalue weighted by atomic mass is 9.92. The normalized spacial score (nSPS) is 22.4. The molecule has 1 aliphatic rings. The number of rotatable bonds is 17. The predicted octanol–water partition coefficient (Wildman–Crippen LogP) is 8.89. The molecular weight excluding hydrogens is 780 g/mol. The topological polar surface area (TPSA) is 182 Å². The number of hydrogen-bond donors (Lipinski definition) is 1. The van der Waals surface area contributed by atoms with Gasteiger partial charge in [-0.25, -0.2) is 18.9 Å². The van der Waals surface area contributed by atoms with Crippen molar-refractivity contribution < 1.29 is 36.7 Å². The average Bonchev–Trinajstić information content (AvgIpc) is 3.70. The number of nitrogens with zero attached hydrogens (tertiary/aromatic N) is 5. The summed E-state index contributed by atoms with van der Waals surface area (Å²) in [6, 6.07) is 13.5. The molecular formula is C40H63N6O8PSi2. The van der Waals surface area contributed by atoms with Crippen LogP contribution in [0.5, 0.6) is 5.75 Å². The fourth-order valence-electron chi connectivity index (χ4n) is 5.79. The van der Waals surface area contributed by atoms with Gasteiger partial charge in [-0.1, -0.05) is 86.4 Å². The van der Waals surface area contributed by atoms with Crippen molar-refractivity contribution in [2.45, 2.75) is 141 Å². The molecule has 57 heavy (non-hydrogen) atoms. The van der Waals surface area contributed by atoms with E-state index in [4.69, 9.17) is 33.1 Å². The lowest BCUT2D eigenvalue weighted by Crippen LogP contribution is -2.56. The number of aromatic nitrogens is 3. The van der Waals surface area contributed by atoms with Gasteiger partial charge in [0.15, 0.2) is 22.5 Å². The van der Waals surface area contributed by atoms with E-state index < -0.39 is 60.2 Å². The van der Waals surface area contributed by atoms with E-state index in [0.717, 1.165) is 18.8 Å². The minimum Gasteiger partial charge on any atom is -0.464 e. The molecule has 1 aliphatic heterocycles. The quantitative estimate of drug-likeness (QED) is 0.0591. The highest BCUT2D eigenvalue weighted by Crippen LogP contribution is 2.52. The van der Waals surface area contributed by atoms with Gasteiger partial charge < -0.3 is 28.6 Å². The minimum atomic E-state index is -4.27. The van der Waals surface area contributed by atoms with Crippen molar-refractivity contribution in [2.24, 2.45) is 10.9 Å². The molecule has 0 spiro atoms. The number of nitrogen functional groups attached to an aromatic ring is 1. The summed E-state index contributed by atoms with van der Waals surface area (Å²) in [4.78, 5) is 21.4. The average molecular weight is 843 g/mol. The van der Waals surface area contributed by atoms with Crippen molar-refractivity contribution in [3.63, 3.8) is 0 Å². The second-order valence-electron chi connectivity index (χ2n) is 17.8. The van der Waals surface area contributed by atoms with E-state index >= 15 is 0 Å². The summed E-state index contributed by atoms with van der Waals surface area (Å²) in [6.07, 6.45) is 0.173. The lowest BCUT2D eigenvalue weighted by molar-refractivity contribution is -0.146. The Balaban J connectivity index is 1.83. The Kier molecular flexibility index (Phi) is 14.5. The number of carbonyl (C=O) groups is 1. The molecule has 0 saturated carbocycles. The first-order valence-electron chi connectivity index (χ1n) is 19.7. The van der Waals surface area contributed by atoms with Crippen LogP contribution in [0, 0.1) is 17.2 Å². The fraction of sp³-hybridized carbons (Fsp3) is 0.625. The van der Waals surface area contributed by atoms with Crippen molar-refractivity contribution in [1.82, 2.24) is 14.6 Å². The van der Waals surface area contributed by atoms with Crippen LogP contribution in [0.25, 0.3) is 5.52 Å². The van der Waals surface area contributed by atoms with Crippen LogP contribution in [0.2, 0.25) is 36.3 Å². The maximum Gasteiger partial charge on any atom is 0.421 e. The van der Waals surface area contributed by atoms with E-state index in [1.807, 2.05) is 13.8 Å². The lowest BCUT2D eigenvalue weighted by Gasteiger charge is -2.45. The Hall–Kier alpha value is -3.43. The van der Waals surface area contributed by atoms with Crippen LogP contribution in [0.1, 0.15) is 80.8 Å². The predicted molar refractivity (Wildman–Crippen MR) is 227 cm³/mol. The number of hydrogen-bond acceptors (Lipinski definition) is 13. The van der Waals surface area contributed by atoms with Crippen LogP contribution in [-0.4, -0.2) is 80.7 Å².